The highest BCUT2D eigenvalue weighted by Crippen LogP contribution is 2.20. The van der Waals surface area contributed by atoms with Crippen LogP contribution in [0.3, 0.4) is 0 Å². The van der Waals surface area contributed by atoms with E-state index >= 15 is 0 Å². The van der Waals surface area contributed by atoms with E-state index in [1.807, 2.05) is 24.3 Å². The van der Waals surface area contributed by atoms with Gasteiger partial charge >= 0.3 is 0 Å². The molecule has 1 atom stereocenters. The molecule has 0 aliphatic carbocycles. The van der Waals surface area contributed by atoms with Crippen LogP contribution in [0.25, 0.3) is 0 Å². The standard InChI is InChI=1S/C22H22N2O/c25-22(20-14-8-16-23-17-20)24-21(19-12-5-2-6-13-19)15-7-11-18-9-3-1-4-10-18/h1-6,8-10,12-14,16-17,21H,7,11,15H2,(H,24,25). The number of hydrogen-bond acceptors (Lipinski definition) is 2. The third kappa shape index (κ3) is 5.01. The summed E-state index contributed by atoms with van der Waals surface area (Å²) in [5.74, 6) is -0.0818. The van der Waals surface area contributed by atoms with E-state index in [1.165, 1.54) is 5.56 Å². The number of amides is 1. The Morgan fingerprint density at radius 1 is 0.920 bits per heavy atom. The van der Waals surface area contributed by atoms with Crippen LogP contribution in [-0.4, -0.2) is 10.9 Å². The van der Waals surface area contributed by atoms with Crippen LogP contribution in [0.1, 0.15) is 40.4 Å². The van der Waals surface area contributed by atoms with E-state index in [2.05, 4.69) is 46.7 Å². The Balaban J connectivity index is 1.66. The van der Waals surface area contributed by atoms with Gasteiger partial charge in [0.05, 0.1) is 11.6 Å². The van der Waals surface area contributed by atoms with E-state index in [9.17, 15) is 4.79 Å². The van der Waals surface area contributed by atoms with E-state index in [1.54, 1.807) is 24.5 Å². The Morgan fingerprint density at radius 3 is 2.32 bits per heavy atom. The third-order valence-corrected chi connectivity index (χ3v) is 4.23. The quantitative estimate of drug-likeness (QED) is 0.689. The molecule has 0 spiro atoms. The lowest BCUT2D eigenvalue weighted by molar-refractivity contribution is 0.0934. The summed E-state index contributed by atoms with van der Waals surface area (Å²) < 4.78 is 0. The Morgan fingerprint density at radius 2 is 1.64 bits per heavy atom. The molecule has 0 radical (unpaired) electrons. The molecule has 3 heteroatoms. The summed E-state index contributed by atoms with van der Waals surface area (Å²) in [5, 5.41) is 3.16. The number of rotatable bonds is 7. The normalized spacial score (nSPS) is 11.7. The van der Waals surface area contributed by atoms with Crippen molar-refractivity contribution in [2.75, 3.05) is 0 Å². The monoisotopic (exact) mass is 330 g/mol. The first-order valence-electron chi connectivity index (χ1n) is 8.63. The fourth-order valence-corrected chi connectivity index (χ4v) is 2.90. The van der Waals surface area contributed by atoms with Crippen LogP contribution in [0, 0.1) is 0 Å². The number of aryl methyl sites for hydroxylation is 1. The molecule has 3 rings (SSSR count). The highest BCUT2D eigenvalue weighted by Gasteiger charge is 2.15. The molecular weight excluding hydrogens is 308 g/mol. The molecule has 1 aromatic heterocycles. The molecule has 1 heterocycles. The molecule has 1 amide bonds. The summed E-state index contributed by atoms with van der Waals surface area (Å²) in [6.07, 6.45) is 6.18. The van der Waals surface area contributed by atoms with E-state index in [0.717, 1.165) is 24.8 Å². The second-order valence-corrected chi connectivity index (χ2v) is 6.06. The van der Waals surface area contributed by atoms with Crippen LogP contribution in [0.2, 0.25) is 0 Å². The van der Waals surface area contributed by atoms with Crippen LogP contribution >= 0.6 is 0 Å². The van der Waals surface area contributed by atoms with Gasteiger partial charge in [0.1, 0.15) is 0 Å². The first-order chi connectivity index (χ1) is 12.3. The van der Waals surface area contributed by atoms with Crippen LogP contribution in [-0.2, 0) is 6.42 Å². The Kier molecular flexibility index (Phi) is 5.94. The van der Waals surface area contributed by atoms with Gasteiger partial charge in [-0.15, -0.1) is 0 Å². The molecule has 3 aromatic rings. The summed E-state index contributed by atoms with van der Waals surface area (Å²) in [6, 6.07) is 24.2. The van der Waals surface area contributed by atoms with Crippen molar-refractivity contribution in [3.63, 3.8) is 0 Å². The molecule has 25 heavy (non-hydrogen) atoms. The molecule has 0 saturated heterocycles. The minimum atomic E-state index is -0.0818. The molecule has 0 fully saturated rings. The number of aromatic nitrogens is 1. The van der Waals surface area contributed by atoms with Crippen LogP contribution < -0.4 is 5.32 Å². The van der Waals surface area contributed by atoms with Gasteiger partial charge in [-0.2, -0.15) is 0 Å². The van der Waals surface area contributed by atoms with E-state index < -0.39 is 0 Å². The molecule has 1 N–H and O–H groups in total. The molecule has 0 bridgehead atoms. The van der Waals surface area contributed by atoms with Crippen molar-refractivity contribution in [2.24, 2.45) is 0 Å². The minimum Gasteiger partial charge on any atom is -0.345 e. The van der Waals surface area contributed by atoms with Gasteiger partial charge in [0.2, 0.25) is 0 Å². The maximum absolute atomic E-state index is 12.5. The number of hydrogen-bond donors (Lipinski definition) is 1. The highest BCUT2D eigenvalue weighted by atomic mass is 16.1. The fourth-order valence-electron chi connectivity index (χ4n) is 2.90. The topological polar surface area (TPSA) is 42.0 Å². The average molecular weight is 330 g/mol. The maximum atomic E-state index is 12.5. The van der Waals surface area contributed by atoms with Gasteiger partial charge in [-0.05, 0) is 42.5 Å². The summed E-state index contributed by atoms with van der Waals surface area (Å²) >= 11 is 0. The minimum absolute atomic E-state index is 0.00221. The van der Waals surface area contributed by atoms with Crippen LogP contribution in [0.5, 0.6) is 0 Å². The average Bonchev–Trinajstić information content (AvgIpc) is 2.69. The lowest BCUT2D eigenvalue weighted by Gasteiger charge is -2.19. The number of carbonyl (C=O) groups excluding carboxylic acids is 1. The maximum Gasteiger partial charge on any atom is 0.253 e. The summed E-state index contributed by atoms with van der Waals surface area (Å²) in [4.78, 5) is 16.5. The molecule has 1 unspecified atom stereocenters. The van der Waals surface area contributed by atoms with E-state index in [-0.39, 0.29) is 11.9 Å². The Hall–Kier alpha value is -2.94. The molecule has 0 aliphatic rings. The Labute approximate surface area is 148 Å². The van der Waals surface area contributed by atoms with Gasteiger partial charge in [0, 0.05) is 12.4 Å². The van der Waals surface area contributed by atoms with Crippen molar-refractivity contribution in [1.82, 2.24) is 10.3 Å². The molecule has 2 aromatic carbocycles. The molecule has 0 saturated carbocycles. The number of pyridine rings is 1. The Bertz CT molecular complexity index is 773. The van der Waals surface area contributed by atoms with Crippen molar-refractivity contribution in [3.8, 4) is 0 Å². The summed E-state index contributed by atoms with van der Waals surface area (Å²) in [7, 11) is 0. The van der Waals surface area contributed by atoms with Gasteiger partial charge < -0.3 is 5.32 Å². The van der Waals surface area contributed by atoms with E-state index in [4.69, 9.17) is 0 Å². The molecule has 0 aliphatic heterocycles. The van der Waals surface area contributed by atoms with Crippen LogP contribution in [0.15, 0.2) is 85.2 Å². The van der Waals surface area contributed by atoms with Crippen molar-refractivity contribution < 1.29 is 4.79 Å². The SMILES string of the molecule is O=C(NC(CCCc1ccccc1)c1ccccc1)c1cccnc1. The number of nitrogens with zero attached hydrogens (tertiary/aromatic N) is 1. The second-order valence-electron chi connectivity index (χ2n) is 6.06. The fraction of sp³-hybridized carbons (Fsp3) is 0.182. The van der Waals surface area contributed by atoms with Crippen molar-refractivity contribution >= 4 is 5.91 Å². The zero-order valence-electron chi connectivity index (χ0n) is 14.1. The van der Waals surface area contributed by atoms with Crippen molar-refractivity contribution in [3.05, 3.63) is 102 Å². The summed E-state index contributed by atoms with van der Waals surface area (Å²) in [6.45, 7) is 0. The van der Waals surface area contributed by atoms with E-state index in [0.29, 0.717) is 5.56 Å². The first kappa shape index (κ1) is 16.9. The molecular formula is C22H22N2O. The van der Waals surface area contributed by atoms with Gasteiger partial charge in [-0.1, -0.05) is 60.7 Å². The zero-order chi connectivity index (χ0) is 17.3. The molecule has 126 valence electrons. The summed E-state index contributed by atoms with van der Waals surface area (Å²) in [5.41, 5.74) is 3.05. The predicted molar refractivity (Wildman–Crippen MR) is 100 cm³/mol. The highest BCUT2D eigenvalue weighted by molar-refractivity contribution is 5.94. The van der Waals surface area contributed by atoms with Crippen molar-refractivity contribution in [1.29, 1.82) is 0 Å². The zero-order valence-corrected chi connectivity index (χ0v) is 14.1. The number of nitrogens with one attached hydrogen (secondary N) is 1. The van der Waals surface area contributed by atoms with Crippen LogP contribution in [0.4, 0.5) is 0 Å². The smallest absolute Gasteiger partial charge is 0.253 e. The largest absolute Gasteiger partial charge is 0.345 e. The van der Waals surface area contributed by atoms with Gasteiger partial charge in [0.25, 0.3) is 5.91 Å². The first-order valence-corrected chi connectivity index (χ1v) is 8.63. The lowest BCUT2D eigenvalue weighted by atomic mass is 9.98. The third-order valence-electron chi connectivity index (χ3n) is 4.23. The second kappa shape index (κ2) is 8.78. The van der Waals surface area contributed by atoms with Gasteiger partial charge in [-0.3, -0.25) is 9.78 Å². The number of benzene rings is 2. The lowest BCUT2D eigenvalue weighted by Crippen LogP contribution is -2.28. The predicted octanol–water partition coefficient (Wildman–Crippen LogP) is 4.58. The van der Waals surface area contributed by atoms with Crippen molar-refractivity contribution in [2.45, 2.75) is 25.3 Å². The van der Waals surface area contributed by atoms with Gasteiger partial charge in [0.15, 0.2) is 0 Å². The van der Waals surface area contributed by atoms with Gasteiger partial charge in [-0.25, -0.2) is 0 Å². The number of carbonyl (C=O) groups is 1. The molecule has 3 nitrogen and oxygen atoms in total.